The molecular weight excluding hydrogens is 276 g/mol. The number of aromatic nitrogens is 2. The summed E-state index contributed by atoms with van der Waals surface area (Å²) in [6, 6.07) is 10.6. The van der Waals surface area contributed by atoms with E-state index in [0.717, 1.165) is 13.0 Å². The Balaban J connectivity index is 1.69. The van der Waals surface area contributed by atoms with Gasteiger partial charge in [-0.25, -0.2) is 4.98 Å². The molecule has 2 aromatic rings. The summed E-state index contributed by atoms with van der Waals surface area (Å²) < 4.78 is 2.13. The molecule has 1 aromatic heterocycles. The van der Waals surface area contributed by atoms with Gasteiger partial charge in [0.05, 0.1) is 6.33 Å². The van der Waals surface area contributed by atoms with Crippen molar-refractivity contribution in [1.29, 1.82) is 0 Å². The number of benzene rings is 1. The Bertz CT molecular complexity index is 411. The molecule has 2 rings (SSSR count). The lowest BCUT2D eigenvalue weighted by molar-refractivity contribution is 0.598. The predicted octanol–water partition coefficient (Wildman–Crippen LogP) is 3.67. The van der Waals surface area contributed by atoms with Gasteiger partial charge in [0, 0.05) is 23.8 Å². The molecule has 0 N–H and O–H groups in total. The van der Waals surface area contributed by atoms with Crippen LogP contribution in [0.3, 0.4) is 0 Å². The zero-order valence-corrected chi connectivity index (χ0v) is 11.4. The first-order valence-electron chi connectivity index (χ1n) is 5.98. The van der Waals surface area contributed by atoms with Crippen molar-refractivity contribution in [2.75, 3.05) is 0 Å². The third-order valence-corrected chi connectivity index (χ3v) is 3.57. The first-order chi connectivity index (χ1) is 8.34. The minimum Gasteiger partial charge on any atom is -0.337 e. The van der Waals surface area contributed by atoms with Crippen molar-refractivity contribution < 1.29 is 0 Å². The van der Waals surface area contributed by atoms with E-state index in [2.05, 4.69) is 55.8 Å². The zero-order chi connectivity index (χ0) is 11.9. The second kappa shape index (κ2) is 6.60. The van der Waals surface area contributed by atoms with E-state index in [1.807, 2.05) is 18.7 Å². The normalized spacial score (nSPS) is 12.5. The van der Waals surface area contributed by atoms with Crippen molar-refractivity contribution in [2.24, 2.45) is 0 Å². The quantitative estimate of drug-likeness (QED) is 0.743. The number of hydrogen-bond donors (Lipinski definition) is 0. The van der Waals surface area contributed by atoms with Crippen LogP contribution in [0.25, 0.3) is 0 Å². The molecule has 1 heterocycles. The summed E-state index contributed by atoms with van der Waals surface area (Å²) in [4.78, 5) is 4.60. The van der Waals surface area contributed by atoms with Crippen molar-refractivity contribution in [1.82, 2.24) is 9.55 Å². The Morgan fingerprint density at radius 2 is 2.06 bits per heavy atom. The van der Waals surface area contributed by atoms with Crippen LogP contribution in [0.2, 0.25) is 0 Å². The zero-order valence-electron chi connectivity index (χ0n) is 9.80. The van der Waals surface area contributed by atoms with Gasteiger partial charge in [0.2, 0.25) is 0 Å². The second-order valence-electron chi connectivity index (χ2n) is 4.23. The molecule has 2 nitrogen and oxygen atoms in total. The van der Waals surface area contributed by atoms with Gasteiger partial charge in [-0.1, -0.05) is 46.3 Å². The molecule has 0 aliphatic carbocycles. The van der Waals surface area contributed by atoms with E-state index in [1.54, 1.807) is 0 Å². The predicted molar refractivity (Wildman–Crippen MR) is 74.3 cm³/mol. The van der Waals surface area contributed by atoms with E-state index in [4.69, 9.17) is 0 Å². The van der Waals surface area contributed by atoms with Gasteiger partial charge in [0.25, 0.3) is 0 Å². The Labute approximate surface area is 111 Å². The summed E-state index contributed by atoms with van der Waals surface area (Å²) >= 11 is 3.75. The summed E-state index contributed by atoms with van der Waals surface area (Å²) in [6.45, 7) is 1.05. The molecule has 0 spiro atoms. The fraction of sp³-hybridized carbons (Fsp3) is 0.357. The summed E-state index contributed by atoms with van der Waals surface area (Å²) in [6.07, 6.45) is 9.19. The molecule has 0 aliphatic rings. The highest BCUT2D eigenvalue weighted by Crippen LogP contribution is 2.15. The molecule has 0 saturated heterocycles. The third kappa shape index (κ3) is 4.35. The van der Waals surface area contributed by atoms with E-state index in [0.29, 0.717) is 4.83 Å². The number of halogens is 1. The van der Waals surface area contributed by atoms with Crippen molar-refractivity contribution in [3.8, 4) is 0 Å². The minimum absolute atomic E-state index is 0.563. The Kier molecular flexibility index (Phi) is 4.80. The number of hydrogen-bond acceptors (Lipinski definition) is 1. The van der Waals surface area contributed by atoms with Crippen molar-refractivity contribution in [3.05, 3.63) is 54.6 Å². The highest BCUT2D eigenvalue weighted by atomic mass is 79.9. The van der Waals surface area contributed by atoms with Gasteiger partial charge in [-0.3, -0.25) is 0 Å². The van der Waals surface area contributed by atoms with Gasteiger partial charge in [-0.2, -0.15) is 0 Å². The SMILES string of the molecule is BrC(CCCn1ccnc1)Cc1ccccc1. The van der Waals surface area contributed by atoms with Gasteiger partial charge >= 0.3 is 0 Å². The van der Waals surface area contributed by atoms with Crippen LogP contribution >= 0.6 is 15.9 Å². The molecule has 1 aromatic carbocycles. The Morgan fingerprint density at radius 1 is 1.24 bits per heavy atom. The summed E-state index contributed by atoms with van der Waals surface area (Å²) in [7, 11) is 0. The second-order valence-corrected chi connectivity index (χ2v) is 5.52. The Hall–Kier alpha value is -1.09. The molecule has 1 unspecified atom stereocenters. The lowest BCUT2D eigenvalue weighted by Gasteiger charge is -2.09. The maximum atomic E-state index is 4.04. The van der Waals surface area contributed by atoms with Gasteiger partial charge in [-0.15, -0.1) is 0 Å². The molecule has 0 fully saturated rings. The molecule has 0 amide bonds. The average Bonchev–Trinajstić information content (AvgIpc) is 2.83. The lowest BCUT2D eigenvalue weighted by Crippen LogP contribution is -2.05. The minimum atomic E-state index is 0.563. The molecule has 0 saturated carbocycles. The third-order valence-electron chi connectivity index (χ3n) is 2.79. The molecule has 90 valence electrons. The summed E-state index contributed by atoms with van der Waals surface area (Å²) in [5.74, 6) is 0. The van der Waals surface area contributed by atoms with Crippen molar-refractivity contribution in [3.63, 3.8) is 0 Å². The molecule has 17 heavy (non-hydrogen) atoms. The number of rotatable bonds is 6. The van der Waals surface area contributed by atoms with E-state index < -0.39 is 0 Å². The van der Waals surface area contributed by atoms with Gasteiger partial charge < -0.3 is 4.57 Å². The fourth-order valence-corrected chi connectivity index (χ4v) is 2.58. The van der Waals surface area contributed by atoms with E-state index in [-0.39, 0.29) is 0 Å². The van der Waals surface area contributed by atoms with Crippen LogP contribution in [0.15, 0.2) is 49.1 Å². The first kappa shape index (κ1) is 12.4. The standard InChI is InChI=1S/C14H17BrN2/c15-14(11-13-5-2-1-3-6-13)7-4-9-17-10-8-16-12-17/h1-3,5-6,8,10,12,14H,4,7,9,11H2. The number of imidazole rings is 1. The van der Waals surface area contributed by atoms with E-state index in [9.17, 15) is 0 Å². The molecule has 3 heteroatoms. The topological polar surface area (TPSA) is 17.8 Å². The monoisotopic (exact) mass is 292 g/mol. The van der Waals surface area contributed by atoms with Crippen LogP contribution in [-0.2, 0) is 13.0 Å². The number of aryl methyl sites for hydroxylation is 1. The number of alkyl halides is 1. The van der Waals surface area contributed by atoms with Crippen LogP contribution in [0.5, 0.6) is 0 Å². The van der Waals surface area contributed by atoms with Crippen LogP contribution in [0.4, 0.5) is 0 Å². The summed E-state index contributed by atoms with van der Waals surface area (Å²) in [5, 5.41) is 0. The fourth-order valence-electron chi connectivity index (χ4n) is 1.89. The van der Waals surface area contributed by atoms with Gasteiger partial charge in [-0.05, 0) is 24.8 Å². The van der Waals surface area contributed by atoms with E-state index >= 15 is 0 Å². The van der Waals surface area contributed by atoms with Crippen LogP contribution < -0.4 is 0 Å². The smallest absolute Gasteiger partial charge is 0.0945 e. The summed E-state index contributed by atoms with van der Waals surface area (Å²) in [5.41, 5.74) is 1.40. The molecule has 0 radical (unpaired) electrons. The van der Waals surface area contributed by atoms with Crippen LogP contribution in [-0.4, -0.2) is 14.4 Å². The van der Waals surface area contributed by atoms with Crippen LogP contribution in [0, 0.1) is 0 Å². The largest absolute Gasteiger partial charge is 0.337 e. The highest BCUT2D eigenvalue weighted by Gasteiger charge is 2.05. The molecule has 0 bridgehead atoms. The first-order valence-corrected chi connectivity index (χ1v) is 6.90. The average molecular weight is 293 g/mol. The van der Waals surface area contributed by atoms with E-state index in [1.165, 1.54) is 18.4 Å². The Morgan fingerprint density at radius 3 is 2.76 bits per heavy atom. The maximum absolute atomic E-state index is 4.04. The molecule has 0 aliphatic heterocycles. The lowest BCUT2D eigenvalue weighted by atomic mass is 10.1. The molecule has 1 atom stereocenters. The van der Waals surface area contributed by atoms with Gasteiger partial charge in [0.15, 0.2) is 0 Å². The van der Waals surface area contributed by atoms with Gasteiger partial charge in [0.1, 0.15) is 0 Å². The van der Waals surface area contributed by atoms with Crippen molar-refractivity contribution in [2.45, 2.75) is 30.6 Å². The number of nitrogens with zero attached hydrogens (tertiary/aromatic N) is 2. The van der Waals surface area contributed by atoms with Crippen molar-refractivity contribution >= 4 is 15.9 Å². The van der Waals surface area contributed by atoms with Crippen LogP contribution in [0.1, 0.15) is 18.4 Å². The molecular formula is C14H17BrN2. The highest BCUT2D eigenvalue weighted by molar-refractivity contribution is 9.09. The maximum Gasteiger partial charge on any atom is 0.0945 e.